The summed E-state index contributed by atoms with van der Waals surface area (Å²) in [7, 11) is 0. The Hall–Kier alpha value is -2.76. The molecule has 1 saturated heterocycles. The average Bonchev–Trinajstić information content (AvgIpc) is 2.76. The van der Waals surface area contributed by atoms with Crippen LogP contribution in [0.3, 0.4) is 0 Å². The summed E-state index contributed by atoms with van der Waals surface area (Å²) in [5.41, 5.74) is 4.55. The largest absolute Gasteiger partial charge is 0.392 e. The van der Waals surface area contributed by atoms with Crippen molar-refractivity contribution in [1.82, 2.24) is 14.9 Å². The molecule has 4 rings (SSSR count). The van der Waals surface area contributed by atoms with Crippen molar-refractivity contribution in [2.24, 2.45) is 0 Å². The van der Waals surface area contributed by atoms with E-state index in [1.165, 1.54) is 11.1 Å². The molecule has 2 aromatic carbocycles. The van der Waals surface area contributed by atoms with E-state index in [2.05, 4.69) is 53.1 Å². The number of benzene rings is 2. The minimum atomic E-state index is -0.295. The first-order valence-electron chi connectivity index (χ1n) is 10.7. The number of β-amino-alcohol motifs (C(OH)–C–C–N with tert-alkyl or cyclic N) is 1. The van der Waals surface area contributed by atoms with Crippen LogP contribution in [0.25, 0.3) is 11.4 Å². The van der Waals surface area contributed by atoms with Crippen molar-refractivity contribution in [3.8, 4) is 11.4 Å². The van der Waals surface area contributed by atoms with Gasteiger partial charge in [0.05, 0.1) is 6.10 Å². The number of aromatic nitrogens is 2. The number of aliphatic hydroxyl groups is 1. The molecule has 0 spiro atoms. The highest BCUT2D eigenvalue weighted by atomic mass is 16.3. The summed E-state index contributed by atoms with van der Waals surface area (Å²) in [6.07, 6.45) is 0.529. The van der Waals surface area contributed by atoms with E-state index in [9.17, 15) is 5.11 Å². The standard InChI is InChI=1S/C25H30N4O/c1-19(30)18-28-13-15-29(16-14-28)25-23(17-21-9-5-3-6-10-21)20(2)26-24(27-25)22-11-7-4-8-12-22/h3-12,19,30H,13-18H2,1-2H3. The fourth-order valence-electron chi connectivity index (χ4n) is 4.08. The summed E-state index contributed by atoms with van der Waals surface area (Å²) in [5.74, 6) is 1.83. The maximum absolute atomic E-state index is 9.72. The van der Waals surface area contributed by atoms with Crippen molar-refractivity contribution >= 4 is 5.82 Å². The van der Waals surface area contributed by atoms with E-state index in [-0.39, 0.29) is 6.10 Å². The molecule has 1 aromatic heterocycles. The van der Waals surface area contributed by atoms with Gasteiger partial charge in [-0.05, 0) is 19.4 Å². The molecule has 0 aliphatic carbocycles. The zero-order chi connectivity index (χ0) is 20.9. The quantitative estimate of drug-likeness (QED) is 0.683. The minimum Gasteiger partial charge on any atom is -0.392 e. The second-order valence-corrected chi connectivity index (χ2v) is 8.10. The Morgan fingerprint density at radius 1 is 0.900 bits per heavy atom. The molecule has 0 bridgehead atoms. The van der Waals surface area contributed by atoms with Crippen molar-refractivity contribution in [3.05, 3.63) is 77.5 Å². The van der Waals surface area contributed by atoms with E-state index in [0.29, 0.717) is 0 Å². The van der Waals surface area contributed by atoms with Gasteiger partial charge in [-0.15, -0.1) is 0 Å². The predicted octanol–water partition coefficient (Wildman–Crippen LogP) is 3.55. The van der Waals surface area contributed by atoms with Gasteiger partial charge in [0.15, 0.2) is 5.82 Å². The zero-order valence-corrected chi connectivity index (χ0v) is 17.8. The van der Waals surface area contributed by atoms with Crippen LogP contribution < -0.4 is 4.90 Å². The molecule has 1 unspecified atom stereocenters. The summed E-state index contributed by atoms with van der Waals surface area (Å²) in [6.45, 7) is 8.34. The number of piperazine rings is 1. The second-order valence-electron chi connectivity index (χ2n) is 8.10. The third-order valence-electron chi connectivity index (χ3n) is 5.64. The number of aliphatic hydroxyl groups excluding tert-OH is 1. The molecule has 0 amide bonds. The maximum Gasteiger partial charge on any atom is 0.161 e. The van der Waals surface area contributed by atoms with Crippen LogP contribution in [0.15, 0.2) is 60.7 Å². The molecule has 156 valence electrons. The minimum absolute atomic E-state index is 0.295. The van der Waals surface area contributed by atoms with Crippen molar-refractivity contribution in [2.45, 2.75) is 26.4 Å². The fraction of sp³-hybridized carbons (Fsp3) is 0.360. The molecule has 5 nitrogen and oxygen atoms in total. The first-order chi connectivity index (χ1) is 14.6. The van der Waals surface area contributed by atoms with Crippen LogP contribution in [0.1, 0.15) is 23.7 Å². The normalized spacial score (nSPS) is 15.9. The Bertz CT molecular complexity index is 952. The first-order valence-corrected chi connectivity index (χ1v) is 10.7. The highest BCUT2D eigenvalue weighted by Crippen LogP contribution is 2.28. The lowest BCUT2D eigenvalue weighted by Crippen LogP contribution is -2.48. The summed E-state index contributed by atoms with van der Waals surface area (Å²) in [6, 6.07) is 20.7. The van der Waals surface area contributed by atoms with E-state index < -0.39 is 0 Å². The Kier molecular flexibility index (Phi) is 6.41. The lowest BCUT2D eigenvalue weighted by molar-refractivity contribution is 0.122. The number of aryl methyl sites for hydroxylation is 1. The highest BCUT2D eigenvalue weighted by Gasteiger charge is 2.23. The van der Waals surface area contributed by atoms with E-state index >= 15 is 0 Å². The van der Waals surface area contributed by atoms with Gasteiger partial charge in [-0.3, -0.25) is 4.90 Å². The Morgan fingerprint density at radius 2 is 1.53 bits per heavy atom. The van der Waals surface area contributed by atoms with Gasteiger partial charge < -0.3 is 10.0 Å². The first kappa shape index (κ1) is 20.5. The zero-order valence-electron chi connectivity index (χ0n) is 17.8. The molecular formula is C25H30N4O. The topological polar surface area (TPSA) is 52.5 Å². The maximum atomic E-state index is 9.72. The monoisotopic (exact) mass is 402 g/mol. The molecule has 1 N–H and O–H groups in total. The molecule has 2 heterocycles. The highest BCUT2D eigenvalue weighted by molar-refractivity contribution is 5.61. The number of hydrogen-bond donors (Lipinski definition) is 1. The van der Waals surface area contributed by atoms with Gasteiger partial charge in [-0.25, -0.2) is 9.97 Å². The molecule has 0 radical (unpaired) electrons. The molecule has 1 atom stereocenters. The molecule has 3 aromatic rings. The third kappa shape index (κ3) is 4.86. The van der Waals surface area contributed by atoms with Crippen molar-refractivity contribution in [3.63, 3.8) is 0 Å². The van der Waals surface area contributed by atoms with Gasteiger partial charge in [-0.1, -0.05) is 60.7 Å². The third-order valence-corrected chi connectivity index (χ3v) is 5.64. The number of nitrogens with zero attached hydrogens (tertiary/aromatic N) is 4. The van der Waals surface area contributed by atoms with Gasteiger partial charge in [-0.2, -0.15) is 0 Å². The van der Waals surface area contributed by atoms with Gasteiger partial charge in [0.25, 0.3) is 0 Å². The lowest BCUT2D eigenvalue weighted by Gasteiger charge is -2.37. The molecular weight excluding hydrogens is 372 g/mol. The number of anilines is 1. The Labute approximate surface area is 179 Å². The van der Waals surface area contributed by atoms with E-state index in [0.717, 1.165) is 62.0 Å². The van der Waals surface area contributed by atoms with Crippen molar-refractivity contribution < 1.29 is 5.11 Å². The Balaban J connectivity index is 1.67. The van der Waals surface area contributed by atoms with Gasteiger partial charge in [0, 0.05) is 56.0 Å². The molecule has 5 heteroatoms. The van der Waals surface area contributed by atoms with Crippen molar-refractivity contribution in [2.75, 3.05) is 37.6 Å². The van der Waals surface area contributed by atoms with Crippen molar-refractivity contribution in [1.29, 1.82) is 0 Å². The second kappa shape index (κ2) is 9.37. The number of rotatable bonds is 6. The molecule has 0 saturated carbocycles. The summed E-state index contributed by atoms with van der Waals surface area (Å²) < 4.78 is 0. The van der Waals surface area contributed by atoms with E-state index in [4.69, 9.17) is 9.97 Å². The molecule has 1 aliphatic heterocycles. The van der Waals surface area contributed by atoms with Crippen LogP contribution >= 0.6 is 0 Å². The van der Waals surface area contributed by atoms with Crippen LogP contribution in [0.2, 0.25) is 0 Å². The van der Waals surface area contributed by atoms with Crippen LogP contribution in [0.5, 0.6) is 0 Å². The van der Waals surface area contributed by atoms with Gasteiger partial charge in [0.2, 0.25) is 0 Å². The number of hydrogen-bond acceptors (Lipinski definition) is 5. The molecule has 1 fully saturated rings. The van der Waals surface area contributed by atoms with E-state index in [1.54, 1.807) is 0 Å². The van der Waals surface area contributed by atoms with Crippen LogP contribution in [-0.4, -0.2) is 58.8 Å². The lowest BCUT2D eigenvalue weighted by atomic mass is 10.0. The SMILES string of the molecule is Cc1nc(-c2ccccc2)nc(N2CCN(CC(C)O)CC2)c1Cc1ccccc1. The molecule has 1 aliphatic rings. The van der Waals surface area contributed by atoms with Crippen LogP contribution in [0, 0.1) is 6.92 Å². The van der Waals surface area contributed by atoms with Gasteiger partial charge in [0.1, 0.15) is 5.82 Å². The summed E-state index contributed by atoms with van der Waals surface area (Å²) >= 11 is 0. The van der Waals surface area contributed by atoms with Crippen LogP contribution in [0.4, 0.5) is 5.82 Å². The molecule has 30 heavy (non-hydrogen) atoms. The van der Waals surface area contributed by atoms with Gasteiger partial charge >= 0.3 is 0 Å². The summed E-state index contributed by atoms with van der Waals surface area (Å²) in [5, 5.41) is 9.72. The van der Waals surface area contributed by atoms with E-state index in [1.807, 2.05) is 31.2 Å². The summed E-state index contributed by atoms with van der Waals surface area (Å²) in [4.78, 5) is 14.6. The smallest absolute Gasteiger partial charge is 0.161 e. The Morgan fingerprint density at radius 3 is 2.17 bits per heavy atom. The predicted molar refractivity (Wildman–Crippen MR) is 122 cm³/mol. The average molecular weight is 403 g/mol. The van der Waals surface area contributed by atoms with Crippen LogP contribution in [-0.2, 0) is 6.42 Å². The fourth-order valence-corrected chi connectivity index (χ4v) is 4.08.